The largest absolute Gasteiger partial charge is 0.480 e. The number of carbonyl (C=O) groups is 3. The maximum absolute atomic E-state index is 11.6. The van der Waals surface area contributed by atoms with Gasteiger partial charge in [-0.15, -0.1) is 0 Å². The lowest BCUT2D eigenvalue weighted by atomic mass is 10.1. The minimum atomic E-state index is -4.30. The zero-order chi connectivity index (χ0) is 15.2. The second kappa shape index (κ2) is 7.16. The zero-order valence-electron chi connectivity index (χ0n) is 10.3. The van der Waals surface area contributed by atoms with E-state index in [0.717, 1.165) is 6.92 Å². The van der Waals surface area contributed by atoms with Crippen molar-refractivity contribution in [3.05, 3.63) is 0 Å². The van der Waals surface area contributed by atoms with Crippen molar-refractivity contribution in [1.82, 2.24) is 4.90 Å². The summed E-state index contributed by atoms with van der Waals surface area (Å²) >= 11 is 0. The van der Waals surface area contributed by atoms with Gasteiger partial charge in [-0.3, -0.25) is 23.8 Å². The van der Waals surface area contributed by atoms with Crippen LogP contribution in [0.1, 0.15) is 19.8 Å². The number of amides is 2. The van der Waals surface area contributed by atoms with Gasteiger partial charge in [0.05, 0.1) is 5.75 Å². The molecule has 0 radical (unpaired) electrons. The Kier molecular flexibility index (Phi) is 6.59. The highest BCUT2D eigenvalue weighted by atomic mass is 32.2. The number of carboxylic acids is 1. The number of hydrogen-bond acceptors (Lipinski definition) is 6. The van der Waals surface area contributed by atoms with Crippen molar-refractivity contribution in [2.45, 2.75) is 25.8 Å². The summed E-state index contributed by atoms with van der Waals surface area (Å²) in [7, 11) is -4.30. The quantitative estimate of drug-likeness (QED) is 0.476. The van der Waals surface area contributed by atoms with Crippen molar-refractivity contribution in [3.8, 4) is 0 Å². The molecule has 19 heavy (non-hydrogen) atoms. The lowest BCUT2D eigenvalue weighted by Crippen LogP contribution is -2.40. The summed E-state index contributed by atoms with van der Waals surface area (Å²) in [5.74, 6) is -3.49. The molecule has 0 aromatic heterocycles. The van der Waals surface area contributed by atoms with Crippen molar-refractivity contribution in [1.29, 1.82) is 0 Å². The van der Waals surface area contributed by atoms with Gasteiger partial charge in [0.2, 0.25) is 11.8 Å². The Morgan fingerprint density at radius 3 is 2.21 bits per heavy atom. The number of rotatable bonds is 7. The molecule has 10 heteroatoms. The van der Waals surface area contributed by atoms with Gasteiger partial charge in [0.15, 0.2) is 0 Å². The maximum Gasteiger partial charge on any atom is 0.320 e. The van der Waals surface area contributed by atoms with Gasteiger partial charge >= 0.3 is 5.97 Å². The summed E-state index contributed by atoms with van der Waals surface area (Å²) in [6.45, 7) is 0.564. The van der Waals surface area contributed by atoms with Crippen LogP contribution in [0.5, 0.6) is 0 Å². The highest BCUT2D eigenvalue weighted by Crippen LogP contribution is 2.02. The number of carboxylic acid groups (broad SMARTS) is 1. The van der Waals surface area contributed by atoms with E-state index in [-0.39, 0.29) is 12.8 Å². The van der Waals surface area contributed by atoms with Crippen LogP contribution in [0.4, 0.5) is 0 Å². The summed E-state index contributed by atoms with van der Waals surface area (Å²) in [6.07, 6.45) is -0.484. The molecule has 0 aliphatic carbocycles. The minimum Gasteiger partial charge on any atom is -0.480 e. The maximum atomic E-state index is 11.6. The Morgan fingerprint density at radius 2 is 1.84 bits per heavy atom. The van der Waals surface area contributed by atoms with E-state index in [0.29, 0.717) is 4.90 Å². The summed E-state index contributed by atoms with van der Waals surface area (Å²) in [5.41, 5.74) is 5.19. The number of nitrogens with two attached hydrogens (primary N) is 1. The van der Waals surface area contributed by atoms with Gasteiger partial charge < -0.3 is 10.8 Å². The number of aliphatic carboxylic acids is 1. The average Bonchev–Trinajstić information content (AvgIpc) is 2.23. The molecule has 0 fully saturated rings. The van der Waals surface area contributed by atoms with E-state index >= 15 is 0 Å². The summed E-state index contributed by atoms with van der Waals surface area (Å²) < 4.78 is 29.6. The highest BCUT2D eigenvalue weighted by molar-refractivity contribution is 7.85. The van der Waals surface area contributed by atoms with Gasteiger partial charge in [0.1, 0.15) is 6.04 Å². The average molecular weight is 296 g/mol. The van der Waals surface area contributed by atoms with Gasteiger partial charge in [-0.05, 0) is 6.42 Å². The SMILES string of the molecule is CC(=O)N(CCS(=O)(=O)O)C(=O)CC[C@H](N)C(=O)O. The Balaban J connectivity index is 4.51. The monoisotopic (exact) mass is 296 g/mol. The van der Waals surface area contributed by atoms with E-state index in [1.54, 1.807) is 0 Å². The van der Waals surface area contributed by atoms with E-state index in [4.69, 9.17) is 15.4 Å². The second-order valence-electron chi connectivity index (χ2n) is 3.83. The summed E-state index contributed by atoms with van der Waals surface area (Å²) in [4.78, 5) is 33.8. The third-order valence-corrected chi connectivity index (χ3v) is 2.94. The van der Waals surface area contributed by atoms with Crippen molar-refractivity contribution in [2.75, 3.05) is 12.3 Å². The molecule has 1 atom stereocenters. The molecule has 0 aromatic rings. The molecule has 0 aromatic carbocycles. The minimum absolute atomic E-state index is 0.177. The fourth-order valence-electron chi connectivity index (χ4n) is 1.20. The Bertz CT molecular complexity index is 459. The van der Waals surface area contributed by atoms with E-state index < -0.39 is 46.2 Å². The first-order valence-corrected chi connectivity index (χ1v) is 6.90. The van der Waals surface area contributed by atoms with Gasteiger partial charge in [0.25, 0.3) is 10.1 Å². The van der Waals surface area contributed by atoms with Crippen LogP contribution in [0.15, 0.2) is 0 Å². The van der Waals surface area contributed by atoms with Crippen molar-refractivity contribution < 1.29 is 32.5 Å². The molecule has 0 unspecified atom stereocenters. The molecular weight excluding hydrogens is 280 g/mol. The van der Waals surface area contributed by atoms with E-state index in [1.165, 1.54) is 0 Å². The number of nitrogens with zero attached hydrogens (tertiary/aromatic N) is 1. The molecular formula is C9H16N2O7S. The van der Waals surface area contributed by atoms with Gasteiger partial charge in [-0.1, -0.05) is 0 Å². The lowest BCUT2D eigenvalue weighted by molar-refractivity contribution is -0.143. The third kappa shape index (κ3) is 7.49. The van der Waals surface area contributed by atoms with E-state index in [1.807, 2.05) is 0 Å². The van der Waals surface area contributed by atoms with Crippen LogP contribution in [0, 0.1) is 0 Å². The molecule has 0 bridgehead atoms. The number of imide groups is 1. The fraction of sp³-hybridized carbons (Fsp3) is 0.667. The number of carbonyl (C=O) groups excluding carboxylic acids is 2. The molecule has 0 aliphatic rings. The lowest BCUT2D eigenvalue weighted by Gasteiger charge is -2.18. The van der Waals surface area contributed by atoms with Gasteiger partial charge in [0, 0.05) is 19.9 Å². The van der Waals surface area contributed by atoms with Crippen molar-refractivity contribution in [2.24, 2.45) is 5.73 Å². The Morgan fingerprint density at radius 1 is 1.32 bits per heavy atom. The predicted octanol–water partition coefficient (Wildman–Crippen LogP) is -1.56. The fourth-order valence-corrected chi connectivity index (χ4v) is 1.62. The molecule has 9 nitrogen and oxygen atoms in total. The predicted molar refractivity (Wildman–Crippen MR) is 63.7 cm³/mol. The summed E-state index contributed by atoms with van der Waals surface area (Å²) in [6, 6.07) is -1.24. The Hall–Kier alpha value is -1.52. The molecule has 0 saturated carbocycles. The molecule has 4 N–H and O–H groups in total. The first-order chi connectivity index (χ1) is 8.54. The standard InChI is InChI=1S/C9H16N2O7S/c1-6(12)11(4-5-19(16,17)18)8(13)3-2-7(10)9(14)15/h7H,2-5,10H2,1H3,(H,14,15)(H,16,17,18)/t7-/m0/s1. The van der Waals surface area contributed by atoms with E-state index in [9.17, 15) is 22.8 Å². The van der Waals surface area contributed by atoms with Crippen LogP contribution in [-0.4, -0.2) is 59.1 Å². The van der Waals surface area contributed by atoms with Crippen molar-refractivity contribution >= 4 is 27.9 Å². The number of hydrogen-bond donors (Lipinski definition) is 3. The first-order valence-electron chi connectivity index (χ1n) is 5.29. The molecule has 0 spiro atoms. The van der Waals surface area contributed by atoms with Crippen LogP contribution in [-0.2, 0) is 24.5 Å². The third-order valence-electron chi connectivity index (χ3n) is 2.24. The van der Waals surface area contributed by atoms with Crippen LogP contribution in [0.2, 0.25) is 0 Å². The van der Waals surface area contributed by atoms with E-state index in [2.05, 4.69) is 0 Å². The highest BCUT2D eigenvalue weighted by Gasteiger charge is 2.22. The normalized spacial score (nSPS) is 12.8. The molecule has 0 heterocycles. The van der Waals surface area contributed by atoms with Crippen LogP contribution in [0.3, 0.4) is 0 Å². The van der Waals surface area contributed by atoms with Gasteiger partial charge in [-0.2, -0.15) is 8.42 Å². The van der Waals surface area contributed by atoms with Crippen LogP contribution < -0.4 is 5.73 Å². The smallest absolute Gasteiger partial charge is 0.320 e. The Labute approximate surface area is 110 Å². The van der Waals surface area contributed by atoms with Gasteiger partial charge in [-0.25, -0.2) is 0 Å². The molecule has 110 valence electrons. The molecule has 2 amide bonds. The first kappa shape index (κ1) is 17.5. The zero-order valence-corrected chi connectivity index (χ0v) is 11.1. The summed E-state index contributed by atoms with van der Waals surface area (Å²) in [5, 5.41) is 8.52. The topological polar surface area (TPSA) is 155 Å². The van der Waals surface area contributed by atoms with Crippen molar-refractivity contribution in [3.63, 3.8) is 0 Å². The second-order valence-corrected chi connectivity index (χ2v) is 5.41. The molecule has 0 rings (SSSR count). The van der Waals surface area contributed by atoms with Crippen LogP contribution >= 0.6 is 0 Å². The molecule has 0 aliphatic heterocycles. The molecule has 0 saturated heterocycles. The van der Waals surface area contributed by atoms with Crippen LogP contribution in [0.25, 0.3) is 0 Å².